The van der Waals surface area contributed by atoms with Gasteiger partial charge in [0.25, 0.3) is 5.89 Å². The van der Waals surface area contributed by atoms with Crippen LogP contribution in [-0.4, -0.2) is 30.4 Å². The van der Waals surface area contributed by atoms with Crippen LogP contribution in [0.5, 0.6) is 5.75 Å². The Morgan fingerprint density at radius 2 is 2.19 bits per heavy atom. The van der Waals surface area contributed by atoms with Crippen molar-refractivity contribution in [2.24, 2.45) is 5.92 Å². The lowest BCUT2D eigenvalue weighted by atomic mass is 10.1. The number of hydrogen-bond donors (Lipinski definition) is 1. The Bertz CT molecular complexity index is 624. The van der Waals surface area contributed by atoms with E-state index in [4.69, 9.17) is 14.0 Å². The van der Waals surface area contributed by atoms with Crippen LogP contribution in [0.3, 0.4) is 0 Å². The summed E-state index contributed by atoms with van der Waals surface area (Å²) in [7, 11) is 1.65. The van der Waals surface area contributed by atoms with E-state index in [1.54, 1.807) is 7.11 Å². The summed E-state index contributed by atoms with van der Waals surface area (Å²) in [6.07, 6.45) is -0.180. The fourth-order valence-corrected chi connectivity index (χ4v) is 2.47. The van der Waals surface area contributed by atoms with E-state index in [1.807, 2.05) is 18.2 Å². The first-order chi connectivity index (χ1) is 10.2. The molecule has 0 bridgehead atoms. The normalized spacial score (nSPS) is 15.2. The second-order valence-electron chi connectivity index (χ2n) is 5.32. The molecule has 6 heteroatoms. The van der Waals surface area contributed by atoms with Crippen LogP contribution >= 0.6 is 0 Å². The van der Waals surface area contributed by atoms with Crippen LogP contribution in [0.15, 0.2) is 22.7 Å². The number of anilines is 1. The number of para-hydroxylation sites is 1. The lowest BCUT2D eigenvalue weighted by Gasteiger charge is -2.20. The summed E-state index contributed by atoms with van der Waals surface area (Å²) in [6.45, 7) is 5.53. The number of nitrogens with zero attached hydrogens (tertiary/aromatic N) is 2. The molecule has 1 aromatic carbocycles. The zero-order chi connectivity index (χ0) is 14.8. The molecular formula is C15H19N3O3. The quantitative estimate of drug-likeness (QED) is 0.933. The van der Waals surface area contributed by atoms with Crippen LogP contribution in [0.1, 0.15) is 25.8 Å². The molecular weight excluding hydrogens is 270 g/mol. The zero-order valence-corrected chi connectivity index (χ0v) is 12.4. The highest BCUT2D eigenvalue weighted by atomic mass is 16.5. The van der Waals surface area contributed by atoms with Crippen molar-refractivity contribution in [3.05, 3.63) is 24.0 Å². The van der Waals surface area contributed by atoms with Gasteiger partial charge >= 0.3 is 0 Å². The maximum absolute atomic E-state index is 5.73. The maximum Gasteiger partial charge on any atom is 0.261 e. The number of benzene rings is 1. The number of methoxy groups -OCH3 is 1. The number of aromatic nitrogens is 2. The molecule has 0 spiro atoms. The summed E-state index contributed by atoms with van der Waals surface area (Å²) in [5, 5.41) is 7.34. The Labute approximate surface area is 123 Å². The van der Waals surface area contributed by atoms with Crippen molar-refractivity contribution >= 4 is 5.69 Å². The molecule has 112 valence electrons. The predicted molar refractivity (Wildman–Crippen MR) is 78.3 cm³/mol. The fraction of sp³-hybridized carbons (Fsp3) is 0.467. The van der Waals surface area contributed by atoms with Gasteiger partial charge in [-0.15, -0.1) is 0 Å². The summed E-state index contributed by atoms with van der Waals surface area (Å²) in [6, 6.07) is 5.83. The first-order valence-electron chi connectivity index (χ1n) is 7.07. The molecule has 1 unspecified atom stereocenters. The molecule has 1 N–H and O–H groups in total. The van der Waals surface area contributed by atoms with Gasteiger partial charge in [-0.1, -0.05) is 25.1 Å². The maximum atomic E-state index is 5.73. The number of ether oxygens (including phenoxy) is 2. The van der Waals surface area contributed by atoms with Crippen molar-refractivity contribution in [3.63, 3.8) is 0 Å². The molecule has 0 radical (unpaired) electrons. The van der Waals surface area contributed by atoms with E-state index in [-0.39, 0.29) is 12.0 Å². The molecule has 0 amide bonds. The summed E-state index contributed by atoms with van der Waals surface area (Å²) < 4.78 is 16.6. The molecule has 21 heavy (non-hydrogen) atoms. The van der Waals surface area contributed by atoms with Gasteiger partial charge in [0.15, 0.2) is 5.75 Å². The Balaban J connectivity index is 1.97. The second-order valence-corrected chi connectivity index (χ2v) is 5.32. The highest BCUT2D eigenvalue weighted by molar-refractivity contribution is 5.74. The third-order valence-electron chi connectivity index (χ3n) is 3.47. The summed E-state index contributed by atoms with van der Waals surface area (Å²) in [5.41, 5.74) is 1.75. The van der Waals surface area contributed by atoms with Crippen LogP contribution in [0.4, 0.5) is 5.69 Å². The number of rotatable bonds is 4. The molecule has 2 aromatic rings. The van der Waals surface area contributed by atoms with Gasteiger partial charge < -0.3 is 19.3 Å². The van der Waals surface area contributed by atoms with E-state index >= 15 is 0 Å². The first kappa shape index (κ1) is 13.9. The Morgan fingerprint density at radius 1 is 1.33 bits per heavy atom. The second kappa shape index (κ2) is 5.73. The van der Waals surface area contributed by atoms with Crippen molar-refractivity contribution in [1.82, 2.24) is 10.1 Å². The van der Waals surface area contributed by atoms with Gasteiger partial charge in [0, 0.05) is 13.7 Å². The number of hydrogen-bond acceptors (Lipinski definition) is 6. The Kier molecular flexibility index (Phi) is 3.79. The molecule has 1 aliphatic heterocycles. The largest absolute Gasteiger partial charge is 0.489 e. The number of nitrogens with one attached hydrogen (secondary N) is 1. The molecule has 6 nitrogen and oxygen atoms in total. The lowest BCUT2D eigenvalue weighted by molar-refractivity contribution is 0.0556. The van der Waals surface area contributed by atoms with Crippen molar-refractivity contribution in [1.29, 1.82) is 0 Å². The van der Waals surface area contributed by atoms with Crippen molar-refractivity contribution in [2.45, 2.75) is 20.0 Å². The molecule has 0 saturated heterocycles. The summed E-state index contributed by atoms with van der Waals surface area (Å²) in [5.74, 6) is 2.04. The molecule has 1 aliphatic rings. The van der Waals surface area contributed by atoms with Gasteiger partial charge in [0.05, 0.1) is 11.3 Å². The van der Waals surface area contributed by atoms with Crippen LogP contribution in [0, 0.1) is 5.92 Å². The van der Waals surface area contributed by atoms with Gasteiger partial charge in [-0.2, -0.15) is 4.98 Å². The van der Waals surface area contributed by atoms with Gasteiger partial charge in [-0.3, -0.25) is 0 Å². The minimum absolute atomic E-state index is 0.180. The smallest absolute Gasteiger partial charge is 0.261 e. The predicted octanol–water partition coefficient (Wildman–Crippen LogP) is 2.88. The average molecular weight is 289 g/mol. The van der Waals surface area contributed by atoms with Crippen molar-refractivity contribution < 1.29 is 14.0 Å². The summed E-state index contributed by atoms with van der Waals surface area (Å²) >= 11 is 0. The first-order valence-corrected chi connectivity index (χ1v) is 7.07. The van der Waals surface area contributed by atoms with Gasteiger partial charge in [0.1, 0.15) is 12.7 Å². The van der Waals surface area contributed by atoms with Crippen molar-refractivity contribution in [3.8, 4) is 17.2 Å². The Hall–Kier alpha value is -2.08. The Morgan fingerprint density at radius 3 is 2.95 bits per heavy atom. The molecule has 0 fully saturated rings. The molecule has 1 aromatic heterocycles. The summed E-state index contributed by atoms with van der Waals surface area (Å²) in [4.78, 5) is 4.47. The highest BCUT2D eigenvalue weighted by Crippen LogP contribution is 2.37. The van der Waals surface area contributed by atoms with Crippen LogP contribution in [0.2, 0.25) is 0 Å². The van der Waals surface area contributed by atoms with Gasteiger partial charge in [-0.25, -0.2) is 0 Å². The molecule has 2 heterocycles. The topological polar surface area (TPSA) is 69.4 Å². The minimum Gasteiger partial charge on any atom is -0.489 e. The van der Waals surface area contributed by atoms with E-state index < -0.39 is 0 Å². The molecule has 1 atom stereocenters. The van der Waals surface area contributed by atoms with E-state index in [0.717, 1.165) is 23.5 Å². The molecule has 3 rings (SSSR count). The third kappa shape index (κ3) is 2.58. The van der Waals surface area contributed by atoms with Crippen LogP contribution < -0.4 is 10.1 Å². The van der Waals surface area contributed by atoms with E-state index in [1.165, 1.54) is 0 Å². The van der Waals surface area contributed by atoms with Crippen molar-refractivity contribution in [2.75, 3.05) is 25.6 Å². The third-order valence-corrected chi connectivity index (χ3v) is 3.47. The average Bonchev–Trinajstić information content (AvgIpc) is 2.96. The van der Waals surface area contributed by atoms with E-state index in [0.29, 0.717) is 18.3 Å². The highest BCUT2D eigenvalue weighted by Gasteiger charge is 2.24. The van der Waals surface area contributed by atoms with Crippen LogP contribution in [-0.2, 0) is 4.74 Å². The SMILES string of the molecule is COC(c1noc(-c2cccc3c2OCCN3)n1)C(C)C. The number of fused-ring (bicyclic) bond motifs is 1. The van der Waals surface area contributed by atoms with E-state index in [9.17, 15) is 0 Å². The molecule has 0 aliphatic carbocycles. The van der Waals surface area contributed by atoms with Gasteiger partial charge in [0.2, 0.25) is 5.82 Å². The monoisotopic (exact) mass is 289 g/mol. The lowest BCUT2D eigenvalue weighted by Crippen LogP contribution is -2.18. The van der Waals surface area contributed by atoms with Gasteiger partial charge in [-0.05, 0) is 18.1 Å². The molecule has 0 saturated carbocycles. The standard InChI is InChI=1S/C15H19N3O3/c1-9(2)12(19-3)14-17-15(21-18-14)10-5-4-6-11-13(10)20-8-7-16-11/h4-6,9,12,16H,7-8H2,1-3H3. The van der Waals surface area contributed by atoms with Crippen LogP contribution in [0.25, 0.3) is 11.5 Å². The van der Waals surface area contributed by atoms with E-state index in [2.05, 4.69) is 29.3 Å². The minimum atomic E-state index is -0.180. The fourth-order valence-electron chi connectivity index (χ4n) is 2.47. The zero-order valence-electron chi connectivity index (χ0n) is 12.4.